The topological polar surface area (TPSA) is 17.1 Å². The Hall–Kier alpha value is -0.820. The van der Waals surface area contributed by atoms with Crippen molar-refractivity contribution in [3.8, 4) is 0 Å². The third-order valence-corrected chi connectivity index (χ3v) is 2.98. The first-order valence-corrected chi connectivity index (χ1v) is 5.25. The van der Waals surface area contributed by atoms with Crippen LogP contribution in [0.25, 0.3) is 0 Å². The van der Waals surface area contributed by atoms with Crippen molar-refractivity contribution in [3.05, 3.63) is 35.9 Å². The van der Waals surface area contributed by atoms with Crippen LogP contribution in [0.2, 0.25) is 0 Å². The Bertz CT molecular complexity index is 289. The van der Waals surface area contributed by atoms with Crippen LogP contribution >= 0.6 is 11.6 Å². The van der Waals surface area contributed by atoms with E-state index in [-0.39, 0.29) is 11.7 Å². The Morgan fingerprint density at radius 3 is 2.57 bits per heavy atom. The molecule has 0 spiro atoms. The zero-order valence-corrected chi connectivity index (χ0v) is 9.02. The monoisotopic (exact) mass is 210 g/mol. The third kappa shape index (κ3) is 2.36. The fourth-order valence-corrected chi connectivity index (χ4v) is 2.04. The molecule has 2 heteroatoms. The van der Waals surface area contributed by atoms with Crippen LogP contribution in [0.15, 0.2) is 35.9 Å². The molecule has 1 saturated carbocycles. The van der Waals surface area contributed by atoms with Crippen molar-refractivity contribution in [2.24, 2.45) is 5.92 Å². The summed E-state index contributed by atoms with van der Waals surface area (Å²) >= 11 is 5.97. The summed E-state index contributed by atoms with van der Waals surface area (Å²) in [6, 6.07) is 0. The highest BCUT2D eigenvalue weighted by atomic mass is 35.5. The van der Waals surface area contributed by atoms with Crippen molar-refractivity contribution >= 4 is 17.4 Å². The van der Waals surface area contributed by atoms with Crippen LogP contribution in [0.4, 0.5) is 0 Å². The minimum absolute atomic E-state index is 0.0493. The molecule has 1 rings (SSSR count). The maximum absolute atomic E-state index is 11.6. The molecule has 1 unspecified atom stereocenters. The van der Waals surface area contributed by atoms with Crippen molar-refractivity contribution < 1.29 is 4.79 Å². The van der Waals surface area contributed by atoms with Crippen molar-refractivity contribution in [2.45, 2.75) is 25.7 Å². The minimum Gasteiger partial charge on any atom is -0.299 e. The molecular weight excluding hydrogens is 196 g/mol. The number of Topliss-reactive ketones (excluding diaryl/α,β-unsaturated/α-hetero) is 1. The molecule has 0 aromatic heterocycles. The molecule has 0 bridgehead atoms. The Morgan fingerprint density at radius 1 is 1.36 bits per heavy atom. The highest BCUT2D eigenvalue weighted by Gasteiger charge is 2.25. The van der Waals surface area contributed by atoms with Crippen LogP contribution in [0.5, 0.6) is 0 Å². The van der Waals surface area contributed by atoms with Crippen LogP contribution in [-0.2, 0) is 4.79 Å². The molecule has 0 aliphatic heterocycles. The van der Waals surface area contributed by atoms with Gasteiger partial charge in [-0.2, -0.15) is 0 Å². The van der Waals surface area contributed by atoms with Crippen LogP contribution in [0, 0.1) is 5.92 Å². The van der Waals surface area contributed by atoms with Crippen LogP contribution in [0.1, 0.15) is 25.7 Å². The van der Waals surface area contributed by atoms with E-state index in [1.165, 1.54) is 0 Å². The molecule has 14 heavy (non-hydrogen) atoms. The number of ketones is 1. The van der Waals surface area contributed by atoms with Crippen LogP contribution < -0.4 is 0 Å². The first kappa shape index (κ1) is 11.3. The molecule has 1 fully saturated rings. The summed E-state index contributed by atoms with van der Waals surface area (Å²) in [6.07, 6.45) is 6.91. The summed E-state index contributed by atoms with van der Waals surface area (Å²) in [7, 11) is 0. The minimum atomic E-state index is -0.0493. The summed E-state index contributed by atoms with van der Waals surface area (Å²) in [5.74, 6) is 0.234. The van der Waals surface area contributed by atoms with Gasteiger partial charge >= 0.3 is 0 Å². The number of hydrogen-bond acceptors (Lipinski definition) is 1. The van der Waals surface area contributed by atoms with Crippen molar-refractivity contribution in [1.29, 1.82) is 0 Å². The quantitative estimate of drug-likeness (QED) is 0.651. The normalized spacial score (nSPS) is 24.1. The van der Waals surface area contributed by atoms with E-state index in [9.17, 15) is 4.79 Å². The number of carbonyl (C=O) groups is 1. The Balaban J connectivity index is 2.93. The number of hydrogen-bond donors (Lipinski definition) is 0. The average molecular weight is 211 g/mol. The molecule has 0 heterocycles. The van der Waals surface area contributed by atoms with E-state index in [1.54, 1.807) is 12.2 Å². The predicted molar refractivity (Wildman–Crippen MR) is 60.2 cm³/mol. The van der Waals surface area contributed by atoms with Crippen molar-refractivity contribution in [1.82, 2.24) is 0 Å². The smallest absolute Gasteiger partial charge is 0.140 e. The molecule has 1 aliphatic carbocycles. The molecule has 0 radical (unpaired) electrons. The summed E-state index contributed by atoms with van der Waals surface area (Å²) in [4.78, 5) is 11.6. The summed E-state index contributed by atoms with van der Waals surface area (Å²) in [5.41, 5.74) is 0.839. The van der Waals surface area contributed by atoms with E-state index < -0.39 is 0 Å². The second kappa shape index (κ2) is 5.16. The summed E-state index contributed by atoms with van der Waals surface area (Å²) in [5, 5.41) is 0.556. The molecule has 0 aromatic carbocycles. The first-order chi connectivity index (χ1) is 6.70. The highest BCUT2D eigenvalue weighted by Crippen LogP contribution is 2.30. The van der Waals surface area contributed by atoms with Gasteiger partial charge in [-0.15, -0.1) is 0 Å². The molecule has 1 nitrogen and oxygen atoms in total. The molecule has 0 N–H and O–H groups in total. The zero-order chi connectivity index (χ0) is 10.6. The van der Waals surface area contributed by atoms with Gasteiger partial charge < -0.3 is 0 Å². The van der Waals surface area contributed by atoms with Gasteiger partial charge in [0.2, 0.25) is 0 Å². The fraction of sp³-hybridized carbons (Fsp3) is 0.417. The number of halogens is 1. The van der Waals surface area contributed by atoms with Gasteiger partial charge in [-0.3, -0.25) is 4.79 Å². The Labute approximate surface area is 90.1 Å². The zero-order valence-electron chi connectivity index (χ0n) is 8.26. The highest BCUT2D eigenvalue weighted by molar-refractivity contribution is 6.31. The van der Waals surface area contributed by atoms with Gasteiger partial charge in [0.1, 0.15) is 5.78 Å². The molecule has 1 aliphatic rings. The largest absolute Gasteiger partial charge is 0.299 e. The van der Waals surface area contributed by atoms with E-state index in [0.717, 1.165) is 24.8 Å². The Kier molecular flexibility index (Phi) is 4.15. The summed E-state index contributed by atoms with van der Waals surface area (Å²) < 4.78 is 0. The lowest BCUT2D eigenvalue weighted by atomic mass is 9.82. The standard InChI is InChI=1S/C12H15ClO/c1-3-9(11(13)4-2)10-7-5-6-8-12(10)14/h3-4,10H,1-2,5-8H2/b11-9-. The van der Waals surface area contributed by atoms with Gasteiger partial charge in [0.05, 0.1) is 0 Å². The predicted octanol–water partition coefficient (Wildman–Crippen LogP) is 3.61. The lowest BCUT2D eigenvalue weighted by Gasteiger charge is -2.22. The van der Waals surface area contributed by atoms with E-state index in [1.807, 2.05) is 0 Å². The lowest BCUT2D eigenvalue weighted by molar-refractivity contribution is -0.123. The van der Waals surface area contributed by atoms with Crippen LogP contribution in [0.3, 0.4) is 0 Å². The lowest BCUT2D eigenvalue weighted by Crippen LogP contribution is -2.20. The Morgan fingerprint density at radius 2 is 2.07 bits per heavy atom. The first-order valence-electron chi connectivity index (χ1n) is 4.88. The number of carbonyl (C=O) groups excluding carboxylic acids is 1. The van der Waals surface area contributed by atoms with Gasteiger partial charge in [-0.25, -0.2) is 0 Å². The van der Waals surface area contributed by atoms with E-state index in [0.29, 0.717) is 11.5 Å². The SMILES string of the molecule is C=C/C(Cl)=C(\C=C)C1CCCCC1=O. The maximum atomic E-state index is 11.6. The second-order valence-electron chi connectivity index (χ2n) is 3.48. The summed E-state index contributed by atoms with van der Waals surface area (Å²) in [6.45, 7) is 7.30. The number of allylic oxidation sites excluding steroid dienone is 4. The second-order valence-corrected chi connectivity index (χ2v) is 3.88. The molecule has 0 aromatic rings. The van der Waals surface area contributed by atoms with E-state index >= 15 is 0 Å². The molecular formula is C12H15ClO. The van der Waals surface area contributed by atoms with Crippen molar-refractivity contribution in [3.63, 3.8) is 0 Å². The van der Waals surface area contributed by atoms with Gasteiger partial charge in [0.25, 0.3) is 0 Å². The number of rotatable bonds is 3. The van der Waals surface area contributed by atoms with E-state index in [4.69, 9.17) is 11.6 Å². The molecule has 0 amide bonds. The van der Waals surface area contributed by atoms with Gasteiger partial charge in [-0.05, 0) is 18.4 Å². The third-order valence-electron chi connectivity index (χ3n) is 2.60. The van der Waals surface area contributed by atoms with Gasteiger partial charge in [0.15, 0.2) is 0 Å². The molecule has 76 valence electrons. The van der Waals surface area contributed by atoms with E-state index in [2.05, 4.69) is 13.2 Å². The van der Waals surface area contributed by atoms with Crippen molar-refractivity contribution in [2.75, 3.05) is 0 Å². The average Bonchev–Trinajstić information content (AvgIpc) is 2.21. The van der Waals surface area contributed by atoms with Gasteiger partial charge in [-0.1, -0.05) is 43.3 Å². The molecule has 0 saturated heterocycles. The van der Waals surface area contributed by atoms with Crippen LogP contribution in [-0.4, -0.2) is 5.78 Å². The maximum Gasteiger partial charge on any atom is 0.140 e. The fourth-order valence-electron chi connectivity index (χ4n) is 1.84. The molecule has 1 atom stereocenters. The van der Waals surface area contributed by atoms with Gasteiger partial charge in [0, 0.05) is 17.4 Å².